The zero-order valence-corrected chi connectivity index (χ0v) is 15.9. The Morgan fingerprint density at radius 3 is 2.36 bits per heavy atom. The van der Waals surface area contributed by atoms with Gasteiger partial charge in [-0.05, 0) is 17.5 Å². The smallest absolute Gasteiger partial charge is 0.315 e. The number of urea groups is 1. The highest BCUT2D eigenvalue weighted by Gasteiger charge is 2.34. The number of hydrogen-bond donors (Lipinski definition) is 3. The van der Waals surface area contributed by atoms with Crippen molar-refractivity contribution in [3.8, 4) is 0 Å². The highest BCUT2D eigenvalue weighted by atomic mass is 16.4. The molecule has 6 heteroatoms. The maximum atomic E-state index is 12.3. The van der Waals surface area contributed by atoms with Crippen molar-refractivity contribution < 1.29 is 14.7 Å². The first-order valence-electron chi connectivity index (χ1n) is 9.69. The molecule has 0 spiro atoms. The van der Waals surface area contributed by atoms with Crippen LogP contribution in [-0.2, 0) is 11.3 Å². The zero-order chi connectivity index (χ0) is 19.8. The molecule has 3 rings (SSSR count). The molecular weight excluding hydrogens is 354 g/mol. The fraction of sp³-hybridized carbons (Fsp3) is 0.364. The van der Waals surface area contributed by atoms with Crippen LogP contribution in [0.3, 0.4) is 0 Å². The number of aliphatic carboxylic acids is 1. The first-order chi connectivity index (χ1) is 13.6. The van der Waals surface area contributed by atoms with Gasteiger partial charge >= 0.3 is 12.0 Å². The lowest BCUT2D eigenvalue weighted by Crippen LogP contribution is -2.45. The molecule has 2 atom stereocenters. The normalized spacial score (nSPS) is 19.3. The Morgan fingerprint density at radius 2 is 1.68 bits per heavy atom. The number of carbonyl (C=O) groups excluding carboxylic acids is 1. The number of carbonyl (C=O) groups is 2. The standard InChI is InChI=1S/C22H27N3O3/c26-21(27)12-7-13-23-22(28)24-20-16-25(14-17-8-3-1-4-9-17)15-19(20)18-10-5-2-6-11-18/h1-6,8-11,19-20H,7,12-16H2,(H,26,27)(H2,23,24,28)/t19-,20+/m0/s1. The van der Waals surface area contributed by atoms with Crippen molar-refractivity contribution in [2.75, 3.05) is 19.6 Å². The molecule has 2 amide bonds. The van der Waals surface area contributed by atoms with Crippen molar-refractivity contribution in [1.29, 1.82) is 0 Å². The lowest BCUT2D eigenvalue weighted by molar-refractivity contribution is -0.137. The van der Waals surface area contributed by atoms with E-state index in [2.05, 4.69) is 39.8 Å². The Bertz CT molecular complexity index is 767. The Hall–Kier alpha value is -2.86. The van der Waals surface area contributed by atoms with Crippen LogP contribution in [0.4, 0.5) is 4.79 Å². The number of nitrogens with one attached hydrogen (secondary N) is 2. The average Bonchev–Trinajstić information content (AvgIpc) is 3.08. The maximum absolute atomic E-state index is 12.3. The molecule has 0 aliphatic carbocycles. The Morgan fingerprint density at radius 1 is 1.00 bits per heavy atom. The van der Waals surface area contributed by atoms with E-state index in [1.54, 1.807) is 0 Å². The summed E-state index contributed by atoms with van der Waals surface area (Å²) in [6, 6.07) is 20.4. The number of hydrogen-bond acceptors (Lipinski definition) is 3. The van der Waals surface area contributed by atoms with E-state index in [0.717, 1.165) is 19.6 Å². The van der Waals surface area contributed by atoms with Gasteiger partial charge in [0.15, 0.2) is 0 Å². The molecule has 1 heterocycles. The van der Waals surface area contributed by atoms with E-state index in [9.17, 15) is 9.59 Å². The van der Waals surface area contributed by atoms with E-state index < -0.39 is 5.97 Å². The van der Waals surface area contributed by atoms with E-state index in [0.29, 0.717) is 13.0 Å². The van der Waals surface area contributed by atoms with E-state index in [-0.39, 0.29) is 24.4 Å². The third kappa shape index (κ3) is 5.82. The number of nitrogens with zero attached hydrogens (tertiary/aromatic N) is 1. The molecule has 1 aliphatic heterocycles. The van der Waals surface area contributed by atoms with Gasteiger partial charge in [-0.2, -0.15) is 0 Å². The third-order valence-corrected chi connectivity index (χ3v) is 5.04. The average molecular weight is 381 g/mol. The summed E-state index contributed by atoms with van der Waals surface area (Å²) in [5.74, 6) is -0.631. The van der Waals surface area contributed by atoms with E-state index in [4.69, 9.17) is 5.11 Å². The van der Waals surface area contributed by atoms with Crippen LogP contribution in [0.5, 0.6) is 0 Å². The van der Waals surface area contributed by atoms with Crippen molar-refractivity contribution in [1.82, 2.24) is 15.5 Å². The van der Waals surface area contributed by atoms with Crippen LogP contribution in [0.2, 0.25) is 0 Å². The molecule has 148 valence electrons. The number of rotatable bonds is 8. The predicted octanol–water partition coefficient (Wildman–Crippen LogP) is 2.82. The van der Waals surface area contributed by atoms with Gasteiger partial charge in [-0.15, -0.1) is 0 Å². The summed E-state index contributed by atoms with van der Waals surface area (Å²) in [5, 5.41) is 14.5. The molecular formula is C22H27N3O3. The molecule has 0 saturated carbocycles. The van der Waals surface area contributed by atoms with Crippen molar-refractivity contribution in [2.24, 2.45) is 0 Å². The SMILES string of the molecule is O=C(O)CCCNC(=O)N[C@@H]1CN(Cc2ccccc2)C[C@H]1c1ccccc1. The van der Waals surface area contributed by atoms with E-state index >= 15 is 0 Å². The number of amides is 2. The Labute approximate surface area is 165 Å². The van der Waals surface area contributed by atoms with E-state index in [1.165, 1.54) is 11.1 Å². The fourth-order valence-electron chi connectivity index (χ4n) is 3.70. The number of carboxylic acid groups (broad SMARTS) is 1. The fourth-order valence-corrected chi connectivity index (χ4v) is 3.70. The number of benzene rings is 2. The monoisotopic (exact) mass is 381 g/mol. The highest BCUT2D eigenvalue weighted by Crippen LogP contribution is 2.28. The van der Waals surface area contributed by atoms with Gasteiger partial charge in [-0.25, -0.2) is 4.79 Å². The van der Waals surface area contributed by atoms with Crippen LogP contribution >= 0.6 is 0 Å². The Kier molecular flexibility index (Phi) is 7.03. The first kappa shape index (κ1) is 19.9. The number of likely N-dealkylation sites (tertiary alicyclic amines) is 1. The third-order valence-electron chi connectivity index (χ3n) is 5.04. The van der Waals surface area contributed by atoms with Gasteiger partial charge in [-0.1, -0.05) is 60.7 Å². The molecule has 6 nitrogen and oxygen atoms in total. The second-order valence-electron chi connectivity index (χ2n) is 7.20. The van der Waals surface area contributed by atoms with Crippen LogP contribution in [0.15, 0.2) is 60.7 Å². The molecule has 0 unspecified atom stereocenters. The summed E-state index contributed by atoms with van der Waals surface area (Å²) in [6.07, 6.45) is 0.483. The minimum atomic E-state index is -0.848. The molecule has 0 bridgehead atoms. The van der Waals surface area contributed by atoms with Crippen molar-refractivity contribution in [3.63, 3.8) is 0 Å². The summed E-state index contributed by atoms with van der Waals surface area (Å²) in [7, 11) is 0. The Balaban J connectivity index is 1.60. The summed E-state index contributed by atoms with van der Waals surface area (Å²) < 4.78 is 0. The molecule has 1 fully saturated rings. The largest absolute Gasteiger partial charge is 0.481 e. The van der Waals surface area contributed by atoms with Crippen LogP contribution < -0.4 is 10.6 Å². The number of carboxylic acids is 1. The van der Waals surface area contributed by atoms with Gasteiger partial charge in [0, 0.05) is 38.5 Å². The van der Waals surface area contributed by atoms with Crippen LogP contribution in [0.25, 0.3) is 0 Å². The molecule has 1 aliphatic rings. The minimum Gasteiger partial charge on any atom is -0.481 e. The molecule has 2 aromatic carbocycles. The van der Waals surface area contributed by atoms with Gasteiger partial charge < -0.3 is 15.7 Å². The topological polar surface area (TPSA) is 81.7 Å². The molecule has 2 aromatic rings. The van der Waals surface area contributed by atoms with Gasteiger partial charge in [-0.3, -0.25) is 9.69 Å². The quantitative estimate of drug-likeness (QED) is 0.614. The molecule has 0 aromatic heterocycles. The summed E-state index contributed by atoms with van der Waals surface area (Å²) >= 11 is 0. The van der Waals surface area contributed by atoms with Crippen LogP contribution in [-0.4, -0.2) is 47.7 Å². The van der Waals surface area contributed by atoms with Crippen LogP contribution in [0.1, 0.15) is 29.9 Å². The summed E-state index contributed by atoms with van der Waals surface area (Å²) in [5.41, 5.74) is 2.47. The highest BCUT2D eigenvalue weighted by molar-refractivity contribution is 5.74. The van der Waals surface area contributed by atoms with Gasteiger partial charge in [0.25, 0.3) is 0 Å². The van der Waals surface area contributed by atoms with Crippen molar-refractivity contribution in [2.45, 2.75) is 31.3 Å². The van der Waals surface area contributed by atoms with E-state index in [1.807, 2.05) is 36.4 Å². The predicted molar refractivity (Wildman–Crippen MR) is 108 cm³/mol. The lowest BCUT2D eigenvalue weighted by atomic mass is 9.94. The zero-order valence-electron chi connectivity index (χ0n) is 15.9. The first-order valence-corrected chi connectivity index (χ1v) is 9.69. The molecule has 28 heavy (non-hydrogen) atoms. The van der Waals surface area contributed by atoms with Crippen molar-refractivity contribution >= 4 is 12.0 Å². The summed E-state index contributed by atoms with van der Waals surface area (Å²) in [6.45, 7) is 2.86. The summed E-state index contributed by atoms with van der Waals surface area (Å²) in [4.78, 5) is 25.2. The maximum Gasteiger partial charge on any atom is 0.315 e. The van der Waals surface area contributed by atoms with Gasteiger partial charge in [0.05, 0.1) is 6.04 Å². The minimum absolute atomic E-state index is 0.00517. The second-order valence-corrected chi connectivity index (χ2v) is 7.20. The molecule has 0 radical (unpaired) electrons. The van der Waals surface area contributed by atoms with Crippen LogP contribution in [0, 0.1) is 0 Å². The molecule has 1 saturated heterocycles. The second kappa shape index (κ2) is 9.90. The van der Waals surface area contributed by atoms with Crippen molar-refractivity contribution in [3.05, 3.63) is 71.8 Å². The van der Waals surface area contributed by atoms with Gasteiger partial charge in [0.1, 0.15) is 0 Å². The lowest BCUT2D eigenvalue weighted by Gasteiger charge is -2.20. The van der Waals surface area contributed by atoms with Gasteiger partial charge in [0.2, 0.25) is 0 Å². The molecule has 3 N–H and O–H groups in total.